The highest BCUT2D eigenvalue weighted by Crippen LogP contribution is 2.26. The largest absolute Gasteiger partial charge is 0.360 e. The molecule has 0 aliphatic carbocycles. The average Bonchev–Trinajstić information content (AvgIpc) is 2.45. The minimum absolute atomic E-state index is 0.325. The van der Waals surface area contributed by atoms with Crippen LogP contribution in [-0.2, 0) is 10.2 Å². The lowest BCUT2D eigenvalue weighted by Gasteiger charge is -1.93. The van der Waals surface area contributed by atoms with Gasteiger partial charge in [0, 0.05) is 21.6 Å². The molecule has 0 aliphatic rings. The normalized spacial score (nSPS) is 12.1. The van der Waals surface area contributed by atoms with Crippen LogP contribution in [0.2, 0.25) is 0 Å². The summed E-state index contributed by atoms with van der Waals surface area (Å²) in [5, 5.41) is 0.349. The van der Waals surface area contributed by atoms with Gasteiger partial charge in [-0.15, -0.1) is 3.89 Å². The summed E-state index contributed by atoms with van der Waals surface area (Å²) in [6.07, 6.45) is 1.15. The number of benzene rings is 1. The lowest BCUT2D eigenvalue weighted by Crippen LogP contribution is -1.89. The van der Waals surface area contributed by atoms with Crippen molar-refractivity contribution in [2.75, 3.05) is 0 Å². The van der Waals surface area contributed by atoms with E-state index in [0.29, 0.717) is 15.4 Å². The second-order valence-corrected chi connectivity index (χ2v) is 5.01. The molecule has 0 saturated heterocycles. The monoisotopic (exact) mass is 277 g/mol. The second kappa shape index (κ2) is 3.06. The van der Waals surface area contributed by atoms with E-state index in [9.17, 15) is 12.3 Å². The van der Waals surface area contributed by atoms with Crippen molar-refractivity contribution in [2.45, 2.75) is 4.90 Å². The van der Waals surface area contributed by atoms with Crippen LogP contribution in [0.1, 0.15) is 0 Å². The van der Waals surface area contributed by atoms with Gasteiger partial charge in [0.1, 0.15) is 4.90 Å². The van der Waals surface area contributed by atoms with Crippen molar-refractivity contribution in [3.05, 3.63) is 28.9 Å². The quantitative estimate of drug-likeness (QED) is 0.815. The molecule has 0 saturated carbocycles. The van der Waals surface area contributed by atoms with Crippen molar-refractivity contribution in [1.29, 1.82) is 0 Å². The number of hydrogen-bond donors (Lipinski definition) is 1. The zero-order chi connectivity index (χ0) is 10.3. The molecule has 1 N–H and O–H groups in total. The zero-order valence-electron chi connectivity index (χ0n) is 6.79. The Balaban J connectivity index is 2.87. The highest BCUT2D eigenvalue weighted by Gasteiger charge is 2.17. The molecule has 0 spiro atoms. The van der Waals surface area contributed by atoms with Gasteiger partial charge >= 0.3 is 10.2 Å². The van der Waals surface area contributed by atoms with Crippen LogP contribution in [0.3, 0.4) is 0 Å². The summed E-state index contributed by atoms with van der Waals surface area (Å²) in [4.78, 5) is 2.36. The Labute approximate surface area is 88.3 Å². The zero-order valence-corrected chi connectivity index (χ0v) is 9.19. The number of aromatic amines is 1. The first-order valence-electron chi connectivity index (χ1n) is 3.70. The van der Waals surface area contributed by atoms with Gasteiger partial charge in [-0.2, -0.15) is 8.42 Å². The Morgan fingerprint density at radius 3 is 2.71 bits per heavy atom. The fourth-order valence-electron chi connectivity index (χ4n) is 1.27. The fraction of sp³-hybridized carbons (Fsp3) is 0. The van der Waals surface area contributed by atoms with Crippen molar-refractivity contribution >= 4 is 37.1 Å². The molecular weight excluding hydrogens is 273 g/mol. The number of fused-ring (bicyclic) bond motifs is 1. The molecule has 0 bridgehead atoms. The third-order valence-electron chi connectivity index (χ3n) is 1.87. The summed E-state index contributed by atoms with van der Waals surface area (Å²) in [6, 6.07) is 4.97. The van der Waals surface area contributed by atoms with Gasteiger partial charge in [0.25, 0.3) is 0 Å². The van der Waals surface area contributed by atoms with Gasteiger partial charge in [-0.25, -0.2) is 0 Å². The number of hydrogen-bond acceptors (Lipinski definition) is 2. The maximum absolute atomic E-state index is 12.8. The summed E-state index contributed by atoms with van der Waals surface area (Å²) in [5.74, 6) is 0. The number of H-pyrrole nitrogens is 1. The fourth-order valence-corrected chi connectivity index (χ4v) is 2.26. The smallest absolute Gasteiger partial charge is 0.334 e. The molecule has 0 aliphatic heterocycles. The van der Waals surface area contributed by atoms with Gasteiger partial charge in [-0.05, 0) is 18.2 Å². The van der Waals surface area contributed by atoms with E-state index in [0.717, 1.165) is 6.20 Å². The summed E-state index contributed by atoms with van der Waals surface area (Å²) >= 11 is 3.19. The van der Waals surface area contributed by atoms with E-state index >= 15 is 0 Å². The molecule has 2 aromatic rings. The van der Waals surface area contributed by atoms with Gasteiger partial charge in [0.15, 0.2) is 0 Å². The third kappa shape index (κ3) is 1.55. The molecule has 1 aromatic carbocycles. The van der Waals surface area contributed by atoms with Gasteiger partial charge < -0.3 is 4.98 Å². The summed E-state index contributed by atoms with van der Waals surface area (Å²) in [7, 11) is -4.65. The Hall–Kier alpha value is -0.880. The summed E-state index contributed by atoms with van der Waals surface area (Å²) in [5.41, 5.74) is 0.587. The summed E-state index contributed by atoms with van der Waals surface area (Å²) < 4.78 is 34.9. The Bertz CT molecular complexity index is 590. The molecule has 1 aromatic heterocycles. The maximum atomic E-state index is 12.8. The Morgan fingerprint density at radius 1 is 1.36 bits per heavy atom. The lowest BCUT2D eigenvalue weighted by atomic mass is 10.2. The van der Waals surface area contributed by atoms with Crippen LogP contribution in [-0.4, -0.2) is 13.4 Å². The first-order chi connectivity index (χ1) is 6.48. The van der Waals surface area contributed by atoms with E-state index in [1.165, 1.54) is 0 Å². The predicted octanol–water partition coefficient (Wildman–Crippen LogP) is 2.59. The van der Waals surface area contributed by atoms with Crippen molar-refractivity contribution < 1.29 is 12.3 Å². The topological polar surface area (TPSA) is 49.9 Å². The maximum Gasteiger partial charge on any atom is 0.334 e. The molecule has 14 heavy (non-hydrogen) atoms. The van der Waals surface area contributed by atoms with Crippen LogP contribution in [0.4, 0.5) is 3.89 Å². The van der Waals surface area contributed by atoms with E-state index in [1.54, 1.807) is 18.2 Å². The number of halogens is 2. The van der Waals surface area contributed by atoms with E-state index in [-0.39, 0.29) is 4.90 Å². The van der Waals surface area contributed by atoms with E-state index in [2.05, 4.69) is 20.9 Å². The second-order valence-electron chi connectivity index (χ2n) is 2.78. The molecule has 0 amide bonds. The van der Waals surface area contributed by atoms with Crippen molar-refractivity contribution in [3.63, 3.8) is 0 Å². The summed E-state index contributed by atoms with van der Waals surface area (Å²) in [6.45, 7) is 0. The highest BCUT2D eigenvalue weighted by molar-refractivity contribution is 9.10. The van der Waals surface area contributed by atoms with E-state index in [1.807, 2.05) is 0 Å². The molecule has 3 nitrogen and oxygen atoms in total. The molecule has 6 heteroatoms. The standard InChI is InChI=1S/C8H5BrFNO2S/c9-5-1-2-7-6(3-5)8(4-11-7)14(10,12)13/h1-4,11H. The minimum Gasteiger partial charge on any atom is -0.360 e. The lowest BCUT2D eigenvalue weighted by molar-refractivity contribution is 0.553. The van der Waals surface area contributed by atoms with Crippen LogP contribution < -0.4 is 0 Å². The van der Waals surface area contributed by atoms with Gasteiger partial charge in [-0.3, -0.25) is 0 Å². The van der Waals surface area contributed by atoms with Gasteiger partial charge in [0.2, 0.25) is 0 Å². The van der Waals surface area contributed by atoms with Crippen molar-refractivity contribution in [2.24, 2.45) is 0 Å². The molecule has 0 unspecified atom stereocenters. The van der Waals surface area contributed by atoms with Gasteiger partial charge in [-0.1, -0.05) is 15.9 Å². The van der Waals surface area contributed by atoms with Crippen LogP contribution in [0, 0.1) is 0 Å². The molecule has 0 atom stereocenters. The molecule has 0 fully saturated rings. The molecular formula is C8H5BrFNO2S. The highest BCUT2D eigenvalue weighted by atomic mass is 79.9. The third-order valence-corrected chi connectivity index (χ3v) is 3.22. The van der Waals surface area contributed by atoms with Crippen LogP contribution in [0.25, 0.3) is 10.9 Å². The number of nitrogens with one attached hydrogen (secondary N) is 1. The SMILES string of the molecule is O=S(=O)(F)c1c[nH]c2ccc(Br)cc12. The Morgan fingerprint density at radius 2 is 2.07 bits per heavy atom. The van der Waals surface area contributed by atoms with E-state index in [4.69, 9.17) is 0 Å². The first-order valence-corrected chi connectivity index (χ1v) is 5.87. The molecule has 2 rings (SSSR count). The van der Waals surface area contributed by atoms with Crippen molar-refractivity contribution in [3.8, 4) is 0 Å². The van der Waals surface area contributed by atoms with Crippen molar-refractivity contribution in [1.82, 2.24) is 4.98 Å². The van der Waals surface area contributed by atoms with Crippen LogP contribution in [0.15, 0.2) is 33.8 Å². The van der Waals surface area contributed by atoms with Crippen LogP contribution in [0.5, 0.6) is 0 Å². The first kappa shape index (κ1) is 9.67. The number of aromatic nitrogens is 1. The molecule has 0 radical (unpaired) electrons. The average molecular weight is 278 g/mol. The predicted molar refractivity (Wildman–Crippen MR) is 54.3 cm³/mol. The Kier molecular flexibility index (Phi) is 2.11. The molecule has 1 heterocycles. The molecule has 74 valence electrons. The van der Waals surface area contributed by atoms with Gasteiger partial charge in [0.05, 0.1) is 0 Å². The van der Waals surface area contributed by atoms with Crippen LogP contribution >= 0.6 is 15.9 Å². The van der Waals surface area contributed by atoms with E-state index < -0.39 is 10.2 Å². The number of rotatable bonds is 1. The minimum atomic E-state index is -4.65.